The lowest BCUT2D eigenvalue weighted by atomic mass is 9.67. The molecule has 3 heteroatoms. The quantitative estimate of drug-likeness (QED) is 0.736. The maximum atomic E-state index is 10.6. The molecule has 1 aliphatic carbocycles. The van der Waals surface area contributed by atoms with E-state index >= 15 is 0 Å². The van der Waals surface area contributed by atoms with E-state index in [-0.39, 0.29) is 10.8 Å². The maximum Gasteiger partial charge on any atom is 0.125 e. The van der Waals surface area contributed by atoms with Crippen LogP contribution in [0, 0.1) is 0 Å². The van der Waals surface area contributed by atoms with Crippen LogP contribution in [0.25, 0.3) is 0 Å². The van der Waals surface area contributed by atoms with E-state index in [9.17, 15) is 4.79 Å². The van der Waals surface area contributed by atoms with Gasteiger partial charge in [-0.15, -0.1) is 0 Å². The van der Waals surface area contributed by atoms with Gasteiger partial charge in [0.05, 0.1) is 17.1 Å². The highest BCUT2D eigenvalue weighted by Crippen LogP contribution is 2.43. The third-order valence-corrected chi connectivity index (χ3v) is 3.77. The average Bonchev–Trinajstić information content (AvgIpc) is 2.26. The molecule has 0 saturated carbocycles. The molecule has 0 spiro atoms. The van der Waals surface area contributed by atoms with Crippen molar-refractivity contribution in [3.05, 3.63) is 23.3 Å². The molecule has 92 valence electrons. The van der Waals surface area contributed by atoms with Crippen molar-refractivity contribution in [1.29, 1.82) is 0 Å². The highest BCUT2D eigenvalue weighted by molar-refractivity contribution is 5.53. The van der Waals surface area contributed by atoms with Crippen molar-refractivity contribution in [1.82, 2.24) is 9.97 Å². The first-order valence-corrected chi connectivity index (χ1v) is 6.17. The van der Waals surface area contributed by atoms with E-state index in [0.29, 0.717) is 6.42 Å². The number of fused-ring (bicyclic) bond motifs is 1. The minimum absolute atomic E-state index is 0.0662. The van der Waals surface area contributed by atoms with Crippen molar-refractivity contribution in [2.75, 3.05) is 0 Å². The first kappa shape index (κ1) is 12.2. The molecule has 17 heavy (non-hydrogen) atoms. The van der Waals surface area contributed by atoms with Gasteiger partial charge in [-0.25, -0.2) is 0 Å². The zero-order valence-corrected chi connectivity index (χ0v) is 11.1. The SMILES string of the molecule is CC1(C)CCC(C)(C)c2nc(CC=O)cnc21. The minimum Gasteiger partial charge on any atom is -0.303 e. The Labute approximate surface area is 103 Å². The molecule has 3 nitrogen and oxygen atoms in total. The maximum absolute atomic E-state index is 10.6. The third kappa shape index (κ3) is 2.11. The second-order valence-corrected chi connectivity index (χ2v) is 6.20. The molecule has 0 amide bonds. The molecule has 0 atom stereocenters. The zero-order valence-electron chi connectivity index (χ0n) is 11.1. The predicted octanol–water partition coefficient (Wildman–Crippen LogP) is 2.57. The van der Waals surface area contributed by atoms with Crippen LogP contribution in [0.1, 0.15) is 57.6 Å². The van der Waals surface area contributed by atoms with Gasteiger partial charge >= 0.3 is 0 Å². The van der Waals surface area contributed by atoms with E-state index in [1.807, 2.05) is 0 Å². The second kappa shape index (κ2) is 3.90. The summed E-state index contributed by atoms with van der Waals surface area (Å²) in [6, 6.07) is 0. The van der Waals surface area contributed by atoms with Gasteiger partial charge in [0.2, 0.25) is 0 Å². The first-order valence-electron chi connectivity index (χ1n) is 6.17. The van der Waals surface area contributed by atoms with Crippen molar-refractivity contribution in [3.8, 4) is 0 Å². The topological polar surface area (TPSA) is 42.9 Å². The Kier molecular flexibility index (Phi) is 2.80. The van der Waals surface area contributed by atoms with Gasteiger partial charge < -0.3 is 4.79 Å². The van der Waals surface area contributed by atoms with Crippen molar-refractivity contribution in [2.24, 2.45) is 0 Å². The van der Waals surface area contributed by atoms with Crippen LogP contribution in [0.5, 0.6) is 0 Å². The Morgan fingerprint density at radius 3 is 2.35 bits per heavy atom. The van der Waals surface area contributed by atoms with E-state index in [2.05, 4.69) is 37.7 Å². The number of hydrogen-bond acceptors (Lipinski definition) is 3. The van der Waals surface area contributed by atoms with Crippen LogP contribution < -0.4 is 0 Å². The summed E-state index contributed by atoms with van der Waals surface area (Å²) in [4.78, 5) is 19.8. The summed E-state index contributed by atoms with van der Waals surface area (Å²) in [7, 11) is 0. The Hall–Kier alpha value is -1.25. The van der Waals surface area contributed by atoms with Gasteiger partial charge in [0.25, 0.3) is 0 Å². The number of carbonyl (C=O) groups is 1. The molecule has 1 heterocycles. The van der Waals surface area contributed by atoms with Crippen LogP contribution in [-0.4, -0.2) is 16.3 Å². The zero-order chi connectivity index (χ0) is 12.7. The number of hydrogen-bond donors (Lipinski definition) is 0. The molecule has 1 aromatic heterocycles. The van der Waals surface area contributed by atoms with Crippen LogP contribution >= 0.6 is 0 Å². The smallest absolute Gasteiger partial charge is 0.125 e. The van der Waals surface area contributed by atoms with Gasteiger partial charge in [0, 0.05) is 23.4 Å². The third-order valence-electron chi connectivity index (χ3n) is 3.77. The summed E-state index contributed by atoms with van der Waals surface area (Å²) in [5, 5.41) is 0. The Morgan fingerprint density at radius 1 is 1.18 bits per heavy atom. The second-order valence-electron chi connectivity index (χ2n) is 6.20. The largest absolute Gasteiger partial charge is 0.303 e. The fraction of sp³-hybridized carbons (Fsp3) is 0.643. The van der Waals surface area contributed by atoms with Gasteiger partial charge in [0.1, 0.15) is 6.29 Å². The van der Waals surface area contributed by atoms with E-state index < -0.39 is 0 Å². The fourth-order valence-electron chi connectivity index (χ4n) is 2.44. The van der Waals surface area contributed by atoms with Crippen molar-refractivity contribution < 1.29 is 4.79 Å². The monoisotopic (exact) mass is 232 g/mol. The molecular weight excluding hydrogens is 212 g/mol. The van der Waals surface area contributed by atoms with Crippen LogP contribution in [0.2, 0.25) is 0 Å². The summed E-state index contributed by atoms with van der Waals surface area (Å²) in [6.07, 6.45) is 5.24. The lowest BCUT2D eigenvalue weighted by molar-refractivity contribution is -0.107. The Balaban J connectivity index is 2.55. The summed E-state index contributed by atoms with van der Waals surface area (Å²) in [5.74, 6) is 0. The molecule has 0 bridgehead atoms. The summed E-state index contributed by atoms with van der Waals surface area (Å²) >= 11 is 0. The normalized spacial score (nSPS) is 20.7. The molecule has 0 radical (unpaired) electrons. The molecule has 2 rings (SSSR count). The van der Waals surface area contributed by atoms with Gasteiger partial charge in [0.15, 0.2) is 0 Å². The molecule has 0 fully saturated rings. The van der Waals surface area contributed by atoms with Crippen LogP contribution in [0.15, 0.2) is 6.20 Å². The first-order chi connectivity index (χ1) is 7.87. The van der Waals surface area contributed by atoms with Crippen molar-refractivity contribution in [3.63, 3.8) is 0 Å². The fourth-order valence-corrected chi connectivity index (χ4v) is 2.44. The predicted molar refractivity (Wildman–Crippen MR) is 67.1 cm³/mol. The van der Waals surface area contributed by atoms with Crippen LogP contribution in [0.3, 0.4) is 0 Å². The van der Waals surface area contributed by atoms with E-state index in [1.54, 1.807) is 6.20 Å². The highest BCUT2D eigenvalue weighted by Gasteiger charge is 2.39. The Morgan fingerprint density at radius 2 is 1.76 bits per heavy atom. The lowest BCUT2D eigenvalue weighted by Gasteiger charge is -2.39. The number of aromatic nitrogens is 2. The molecule has 0 aromatic carbocycles. The highest BCUT2D eigenvalue weighted by atomic mass is 16.1. The molecular formula is C14H20N2O. The Bertz CT molecular complexity index is 450. The number of nitrogens with zero attached hydrogens (tertiary/aromatic N) is 2. The van der Waals surface area contributed by atoms with Gasteiger partial charge in [-0.1, -0.05) is 27.7 Å². The number of carbonyl (C=O) groups excluding carboxylic acids is 1. The molecule has 0 aliphatic heterocycles. The number of rotatable bonds is 2. The van der Waals surface area contributed by atoms with Crippen LogP contribution in [-0.2, 0) is 22.0 Å². The van der Waals surface area contributed by atoms with E-state index in [0.717, 1.165) is 36.2 Å². The number of aldehydes is 1. The van der Waals surface area contributed by atoms with Gasteiger partial charge in [-0.05, 0) is 12.8 Å². The average molecular weight is 232 g/mol. The molecule has 0 unspecified atom stereocenters. The molecule has 0 N–H and O–H groups in total. The van der Waals surface area contributed by atoms with E-state index in [4.69, 9.17) is 0 Å². The minimum atomic E-state index is 0.0662. The van der Waals surface area contributed by atoms with Crippen molar-refractivity contribution in [2.45, 2.75) is 57.8 Å². The standard InChI is InChI=1S/C14H20N2O/c1-13(2)6-7-14(3,4)12-11(13)15-9-10(16-12)5-8-17/h8-9H,5-7H2,1-4H3. The lowest BCUT2D eigenvalue weighted by Crippen LogP contribution is -2.36. The molecule has 1 aromatic rings. The molecule has 1 aliphatic rings. The van der Waals surface area contributed by atoms with Crippen molar-refractivity contribution >= 4 is 6.29 Å². The van der Waals surface area contributed by atoms with E-state index in [1.165, 1.54) is 0 Å². The molecule has 0 saturated heterocycles. The van der Waals surface area contributed by atoms with Gasteiger partial charge in [-0.3, -0.25) is 9.97 Å². The summed E-state index contributed by atoms with van der Waals surface area (Å²) < 4.78 is 0. The van der Waals surface area contributed by atoms with Gasteiger partial charge in [-0.2, -0.15) is 0 Å². The summed E-state index contributed by atoms with van der Waals surface area (Å²) in [5.41, 5.74) is 3.12. The van der Waals surface area contributed by atoms with Crippen LogP contribution in [0.4, 0.5) is 0 Å². The summed E-state index contributed by atoms with van der Waals surface area (Å²) in [6.45, 7) is 8.85.